The van der Waals surface area contributed by atoms with E-state index < -0.39 is 5.97 Å². The standard InChI is InChI=1S/C20H31N3.C17H16N2O2S/c1-2-3-4-5-6-7-8-9-13-22-16-17-10-11-19-18(15-17)12-14-23-20(19)21;1-11-8-15(17(20)21)12(2)19(11)9-14-10-22-16(18-14)13-6-4-3-5-7-13/h10-12,14-15,22H,2-9,13,16H2,1H3,(H2,21,23);3-8,10H,9H2,1-2H3,(H,20,21). The maximum atomic E-state index is 11.2. The molecule has 4 N–H and O–H groups in total. The molecular weight excluding hydrogens is 579 g/mol. The van der Waals surface area contributed by atoms with Crippen LogP contribution in [-0.2, 0) is 13.1 Å². The highest BCUT2D eigenvalue weighted by molar-refractivity contribution is 7.13. The molecule has 0 fully saturated rings. The van der Waals surface area contributed by atoms with Gasteiger partial charge in [0.1, 0.15) is 10.8 Å². The third-order valence-electron chi connectivity index (χ3n) is 8.09. The predicted molar refractivity (Wildman–Crippen MR) is 188 cm³/mol. The number of benzene rings is 2. The second kappa shape index (κ2) is 17.5. The summed E-state index contributed by atoms with van der Waals surface area (Å²) in [4.78, 5) is 20.0. The van der Waals surface area contributed by atoms with E-state index in [1.54, 1.807) is 23.6 Å². The van der Waals surface area contributed by atoms with E-state index in [4.69, 9.17) is 5.73 Å². The molecule has 0 saturated carbocycles. The quantitative estimate of drug-likeness (QED) is 0.100. The topological polar surface area (TPSA) is 106 Å². The number of carboxylic acids is 1. The smallest absolute Gasteiger partial charge is 0.337 e. The number of nitrogen functional groups attached to an aromatic ring is 1. The summed E-state index contributed by atoms with van der Waals surface area (Å²) in [6, 6.07) is 20.2. The Morgan fingerprint density at radius 3 is 2.40 bits per heavy atom. The maximum absolute atomic E-state index is 11.2. The molecule has 7 nitrogen and oxygen atoms in total. The molecule has 0 saturated heterocycles. The lowest BCUT2D eigenvalue weighted by atomic mass is 10.1. The van der Waals surface area contributed by atoms with Gasteiger partial charge in [0, 0.05) is 40.5 Å². The van der Waals surface area contributed by atoms with Gasteiger partial charge in [-0.05, 0) is 56.0 Å². The lowest BCUT2D eigenvalue weighted by Crippen LogP contribution is -2.14. The van der Waals surface area contributed by atoms with Crippen molar-refractivity contribution in [2.75, 3.05) is 12.3 Å². The van der Waals surface area contributed by atoms with Crippen LogP contribution in [0, 0.1) is 13.8 Å². The summed E-state index contributed by atoms with van der Waals surface area (Å²) in [6.45, 7) is 8.65. The van der Waals surface area contributed by atoms with Crippen molar-refractivity contribution < 1.29 is 9.90 Å². The minimum atomic E-state index is -0.886. The molecular formula is C37H47N5O2S. The summed E-state index contributed by atoms with van der Waals surface area (Å²) in [5.74, 6) is -0.274. The number of aromatic carboxylic acids is 1. The first kappa shape index (κ1) is 33.9. The molecule has 5 aromatic rings. The number of anilines is 1. The molecule has 45 heavy (non-hydrogen) atoms. The number of hydrogen-bond donors (Lipinski definition) is 3. The van der Waals surface area contributed by atoms with Gasteiger partial charge < -0.3 is 20.7 Å². The summed E-state index contributed by atoms with van der Waals surface area (Å²) < 4.78 is 1.99. The number of unbranched alkanes of at least 4 members (excludes halogenated alkanes) is 7. The first-order chi connectivity index (χ1) is 21.9. The summed E-state index contributed by atoms with van der Waals surface area (Å²) in [6.07, 6.45) is 12.7. The molecule has 3 aromatic heterocycles. The number of carboxylic acid groups (broad SMARTS) is 1. The van der Waals surface area contributed by atoms with Crippen LogP contribution in [-0.4, -0.2) is 32.2 Å². The number of rotatable bonds is 15. The van der Waals surface area contributed by atoms with Gasteiger partial charge in [0.25, 0.3) is 0 Å². The van der Waals surface area contributed by atoms with Crippen LogP contribution < -0.4 is 11.1 Å². The number of fused-ring (bicyclic) bond motifs is 1. The van der Waals surface area contributed by atoms with E-state index in [0.29, 0.717) is 17.9 Å². The van der Waals surface area contributed by atoms with Gasteiger partial charge in [0.2, 0.25) is 0 Å². The number of nitrogens with one attached hydrogen (secondary N) is 1. The molecule has 0 atom stereocenters. The Labute approximate surface area is 271 Å². The molecule has 0 aliphatic rings. The minimum Gasteiger partial charge on any atom is -0.478 e. The second-order valence-electron chi connectivity index (χ2n) is 11.6. The molecule has 0 spiro atoms. The van der Waals surface area contributed by atoms with E-state index in [1.807, 2.05) is 60.2 Å². The summed E-state index contributed by atoms with van der Waals surface area (Å²) in [5.41, 5.74) is 11.3. The van der Waals surface area contributed by atoms with Crippen LogP contribution >= 0.6 is 11.3 Å². The molecule has 0 aliphatic heterocycles. The van der Waals surface area contributed by atoms with Crippen LogP contribution in [0.3, 0.4) is 0 Å². The van der Waals surface area contributed by atoms with Gasteiger partial charge in [-0.25, -0.2) is 14.8 Å². The van der Waals surface area contributed by atoms with Gasteiger partial charge in [-0.2, -0.15) is 0 Å². The first-order valence-electron chi connectivity index (χ1n) is 16.1. The zero-order chi connectivity index (χ0) is 32.0. The van der Waals surface area contributed by atoms with E-state index in [0.717, 1.165) is 46.1 Å². The number of carbonyl (C=O) groups is 1. The average Bonchev–Trinajstić information content (AvgIpc) is 3.63. The van der Waals surface area contributed by atoms with Gasteiger partial charge >= 0.3 is 5.97 Å². The van der Waals surface area contributed by atoms with Gasteiger partial charge in [0.15, 0.2) is 0 Å². The van der Waals surface area contributed by atoms with Crippen molar-refractivity contribution >= 4 is 33.9 Å². The van der Waals surface area contributed by atoms with Crippen molar-refractivity contribution in [3.8, 4) is 10.6 Å². The third kappa shape index (κ3) is 9.99. The Balaban J connectivity index is 0.000000205. The number of nitrogens with two attached hydrogens (primary N) is 1. The molecule has 0 radical (unpaired) electrons. The van der Waals surface area contributed by atoms with Crippen molar-refractivity contribution in [3.05, 3.63) is 100 Å². The SMILES string of the molecule is CCCCCCCCCCNCc1ccc2c(N)nccc2c1.Cc1cc(C(=O)O)c(C)n1Cc1csc(-c2ccccc2)n1. The Hall–Kier alpha value is -4.01. The van der Waals surface area contributed by atoms with Crippen molar-refractivity contribution in [2.24, 2.45) is 0 Å². The van der Waals surface area contributed by atoms with E-state index >= 15 is 0 Å². The molecule has 8 heteroatoms. The van der Waals surface area contributed by atoms with E-state index in [-0.39, 0.29) is 0 Å². The number of hydrogen-bond acceptors (Lipinski definition) is 6. The molecule has 0 bridgehead atoms. The zero-order valence-electron chi connectivity index (χ0n) is 26.9. The molecule has 238 valence electrons. The number of nitrogens with zero attached hydrogens (tertiary/aromatic N) is 3. The average molecular weight is 626 g/mol. The Morgan fingerprint density at radius 1 is 0.956 bits per heavy atom. The zero-order valence-corrected chi connectivity index (χ0v) is 27.7. The van der Waals surface area contributed by atoms with E-state index in [2.05, 4.69) is 40.4 Å². The normalized spacial score (nSPS) is 11.0. The fourth-order valence-corrected chi connectivity index (χ4v) is 6.31. The second-order valence-corrected chi connectivity index (χ2v) is 12.4. The lowest BCUT2D eigenvalue weighted by molar-refractivity contribution is 0.0696. The van der Waals surface area contributed by atoms with Crippen molar-refractivity contribution in [2.45, 2.75) is 85.2 Å². The summed E-state index contributed by atoms with van der Waals surface area (Å²) in [7, 11) is 0. The number of aryl methyl sites for hydroxylation is 1. The van der Waals surface area contributed by atoms with E-state index in [1.165, 1.54) is 62.3 Å². The highest BCUT2D eigenvalue weighted by Crippen LogP contribution is 2.25. The monoisotopic (exact) mass is 625 g/mol. The van der Waals surface area contributed by atoms with Crippen molar-refractivity contribution in [1.82, 2.24) is 19.9 Å². The highest BCUT2D eigenvalue weighted by Gasteiger charge is 2.15. The van der Waals surface area contributed by atoms with Crippen molar-refractivity contribution in [1.29, 1.82) is 0 Å². The Bertz CT molecular complexity index is 1640. The minimum absolute atomic E-state index is 0.357. The van der Waals surface area contributed by atoms with Crippen LogP contribution in [0.4, 0.5) is 5.82 Å². The molecule has 0 aliphatic carbocycles. The van der Waals surface area contributed by atoms with Gasteiger partial charge in [-0.15, -0.1) is 11.3 Å². The number of pyridine rings is 1. The van der Waals surface area contributed by atoms with Gasteiger partial charge in [0.05, 0.1) is 17.8 Å². The van der Waals surface area contributed by atoms with Gasteiger partial charge in [-0.1, -0.05) is 94.3 Å². The van der Waals surface area contributed by atoms with E-state index in [9.17, 15) is 9.90 Å². The molecule has 3 heterocycles. The van der Waals surface area contributed by atoms with Crippen LogP contribution in [0.2, 0.25) is 0 Å². The fraction of sp³-hybridized carbons (Fsp3) is 0.378. The van der Waals surface area contributed by atoms with Crippen LogP contribution in [0.1, 0.15) is 91.3 Å². The number of aromatic nitrogens is 3. The fourth-order valence-electron chi connectivity index (χ4n) is 5.49. The summed E-state index contributed by atoms with van der Waals surface area (Å²) in [5, 5.41) is 18.0. The molecule has 5 rings (SSSR count). The largest absolute Gasteiger partial charge is 0.478 e. The predicted octanol–water partition coefficient (Wildman–Crippen LogP) is 9.02. The van der Waals surface area contributed by atoms with Crippen LogP contribution in [0.5, 0.6) is 0 Å². The lowest BCUT2D eigenvalue weighted by Gasteiger charge is -2.07. The Kier molecular flexibility index (Phi) is 13.2. The summed E-state index contributed by atoms with van der Waals surface area (Å²) >= 11 is 1.61. The maximum Gasteiger partial charge on any atom is 0.337 e. The van der Waals surface area contributed by atoms with Crippen molar-refractivity contribution in [3.63, 3.8) is 0 Å². The molecule has 0 amide bonds. The number of thiazole rings is 1. The highest BCUT2D eigenvalue weighted by atomic mass is 32.1. The first-order valence-corrected chi connectivity index (χ1v) is 17.0. The molecule has 2 aromatic carbocycles. The third-order valence-corrected chi connectivity index (χ3v) is 9.03. The molecule has 0 unspecified atom stereocenters. The Morgan fingerprint density at radius 2 is 1.69 bits per heavy atom. The van der Waals surface area contributed by atoms with Crippen LogP contribution in [0.25, 0.3) is 21.3 Å². The van der Waals surface area contributed by atoms with Gasteiger partial charge in [-0.3, -0.25) is 0 Å². The van der Waals surface area contributed by atoms with Crippen LogP contribution in [0.15, 0.2) is 72.2 Å².